The minimum Gasteiger partial charge on any atom is -0.477 e. The van der Waals surface area contributed by atoms with Crippen LogP contribution in [0.25, 0.3) is 11.7 Å². The first-order valence-electron chi connectivity index (χ1n) is 11.6. The van der Waals surface area contributed by atoms with Crippen LogP contribution in [0.3, 0.4) is 0 Å². The van der Waals surface area contributed by atoms with E-state index in [4.69, 9.17) is 4.74 Å². The molecule has 2 fully saturated rings. The van der Waals surface area contributed by atoms with E-state index in [0.717, 1.165) is 18.5 Å². The van der Waals surface area contributed by atoms with Gasteiger partial charge in [0, 0.05) is 25.2 Å². The Morgan fingerprint density at radius 3 is 2.61 bits per heavy atom. The highest BCUT2D eigenvalue weighted by atomic mass is 16.5. The number of rotatable bonds is 7. The van der Waals surface area contributed by atoms with Gasteiger partial charge in [-0.2, -0.15) is 4.57 Å². The first-order valence-corrected chi connectivity index (χ1v) is 11.6. The van der Waals surface area contributed by atoms with Gasteiger partial charge in [0.2, 0.25) is 11.5 Å². The van der Waals surface area contributed by atoms with E-state index in [2.05, 4.69) is 10.4 Å². The molecule has 1 aliphatic carbocycles. The van der Waals surface area contributed by atoms with Crippen LogP contribution in [-0.2, 0) is 22.5 Å². The summed E-state index contributed by atoms with van der Waals surface area (Å²) in [6.45, 7) is 8.39. The van der Waals surface area contributed by atoms with Gasteiger partial charge in [-0.05, 0) is 31.3 Å². The van der Waals surface area contributed by atoms with E-state index in [-0.39, 0.29) is 29.3 Å². The summed E-state index contributed by atoms with van der Waals surface area (Å²) >= 11 is 0. The highest BCUT2D eigenvalue weighted by molar-refractivity contribution is 5.96. The minimum absolute atomic E-state index is 0.0510. The number of carbonyl (C=O) groups excluding carboxylic acids is 2. The molecular weight excluding hydrogens is 426 g/mol. The predicted octanol–water partition coefficient (Wildman–Crippen LogP) is 0.603. The van der Waals surface area contributed by atoms with Crippen LogP contribution in [0.1, 0.15) is 55.2 Å². The zero-order chi connectivity index (χ0) is 23.7. The van der Waals surface area contributed by atoms with E-state index >= 15 is 0 Å². The second kappa shape index (κ2) is 9.38. The molecule has 1 aliphatic heterocycles. The van der Waals surface area contributed by atoms with Crippen LogP contribution in [0.5, 0.6) is 5.88 Å². The van der Waals surface area contributed by atoms with Gasteiger partial charge < -0.3 is 20.1 Å². The van der Waals surface area contributed by atoms with Crippen molar-refractivity contribution >= 4 is 23.5 Å². The van der Waals surface area contributed by atoms with Gasteiger partial charge in [0.1, 0.15) is 0 Å². The lowest BCUT2D eigenvalue weighted by Crippen LogP contribution is -2.46. The molecular formula is C23H32N5O5+. The summed E-state index contributed by atoms with van der Waals surface area (Å²) in [4.78, 5) is 40.5. The second-order valence-corrected chi connectivity index (χ2v) is 9.04. The van der Waals surface area contributed by atoms with Gasteiger partial charge in [-0.25, -0.2) is 9.89 Å². The normalized spacial score (nSPS) is 16.8. The summed E-state index contributed by atoms with van der Waals surface area (Å²) in [5.41, 5.74) is 0.909. The fourth-order valence-electron chi connectivity index (χ4n) is 4.07. The van der Waals surface area contributed by atoms with E-state index in [0.29, 0.717) is 50.5 Å². The van der Waals surface area contributed by atoms with Crippen LogP contribution in [0.15, 0.2) is 10.9 Å². The van der Waals surface area contributed by atoms with Crippen molar-refractivity contribution < 1.29 is 24.0 Å². The fraction of sp³-hybridized carbons (Fsp3) is 0.565. The average molecular weight is 459 g/mol. The number of ether oxygens (including phenoxy) is 1. The Balaban J connectivity index is 1.84. The number of aromatic hydroxyl groups is 1. The number of hydrogen-bond acceptors (Lipinski definition) is 5. The second-order valence-electron chi connectivity index (χ2n) is 9.04. The van der Waals surface area contributed by atoms with Crippen LogP contribution >= 0.6 is 0 Å². The summed E-state index contributed by atoms with van der Waals surface area (Å²) in [7, 11) is 0. The number of amides is 2. The Labute approximate surface area is 191 Å². The third-order valence-corrected chi connectivity index (χ3v) is 5.93. The maximum absolute atomic E-state index is 13.3. The molecule has 3 N–H and O–H groups in total. The highest BCUT2D eigenvalue weighted by Crippen LogP contribution is 2.22. The van der Waals surface area contributed by atoms with Crippen molar-refractivity contribution in [3.63, 3.8) is 0 Å². The van der Waals surface area contributed by atoms with Crippen LogP contribution in [-0.4, -0.2) is 63.8 Å². The molecule has 0 bridgehead atoms. The van der Waals surface area contributed by atoms with E-state index in [1.54, 1.807) is 15.5 Å². The summed E-state index contributed by atoms with van der Waals surface area (Å²) in [5.74, 6) is -0.933. The Kier molecular flexibility index (Phi) is 6.55. The molecule has 0 radical (unpaired) electrons. The van der Waals surface area contributed by atoms with Crippen LogP contribution in [0, 0.1) is 5.92 Å². The van der Waals surface area contributed by atoms with Gasteiger partial charge in [0.25, 0.3) is 5.91 Å². The first-order chi connectivity index (χ1) is 15.8. The van der Waals surface area contributed by atoms with Crippen molar-refractivity contribution in [3.8, 4) is 5.88 Å². The van der Waals surface area contributed by atoms with Crippen LogP contribution < -0.4 is 15.4 Å². The molecule has 10 nitrogen and oxygen atoms in total. The Bertz CT molecular complexity index is 1150. The topological polar surface area (TPSA) is 120 Å². The molecule has 0 spiro atoms. The molecule has 2 amide bonds. The molecule has 10 heteroatoms. The number of aryl methyl sites for hydroxylation is 1. The number of carbonyl (C=O) groups is 2. The number of fused-ring (bicyclic) bond motifs is 1. The molecule has 0 aromatic carbocycles. The summed E-state index contributed by atoms with van der Waals surface area (Å²) in [6.07, 6.45) is 5.48. The molecule has 178 valence electrons. The van der Waals surface area contributed by atoms with E-state index in [1.165, 1.54) is 10.6 Å². The quantitative estimate of drug-likeness (QED) is 0.415. The van der Waals surface area contributed by atoms with Gasteiger partial charge in [-0.1, -0.05) is 25.3 Å². The highest BCUT2D eigenvalue weighted by Gasteiger charge is 2.35. The number of hydrogen-bond donors (Lipinski definition) is 3. The molecule has 4 rings (SSSR count). The average Bonchev–Trinajstić information content (AvgIpc) is 3.52. The summed E-state index contributed by atoms with van der Waals surface area (Å²) < 4.78 is 8.20. The smallest absolute Gasteiger partial charge is 0.378 e. The number of aromatic nitrogens is 3. The Morgan fingerprint density at radius 1 is 1.30 bits per heavy atom. The van der Waals surface area contributed by atoms with Crippen LogP contribution in [0.2, 0.25) is 0 Å². The van der Waals surface area contributed by atoms with E-state index < -0.39 is 11.5 Å². The lowest BCUT2D eigenvalue weighted by atomic mass is 10.1. The monoisotopic (exact) mass is 458 g/mol. The molecule has 3 heterocycles. The Morgan fingerprint density at radius 2 is 2.00 bits per heavy atom. The molecule has 0 atom stereocenters. The lowest BCUT2D eigenvalue weighted by Gasteiger charge is -2.25. The third-order valence-electron chi connectivity index (χ3n) is 5.93. The molecule has 2 aliphatic rings. The minimum atomic E-state index is -0.616. The SMILES string of the molecule is CCc1[nH]n2c(=O)c(C(=O)NC3CC3)c(O)[n+](CC(C)C)c2c1/C=C/C(=O)N1CCOCC1. The predicted molar refractivity (Wildman–Crippen MR) is 121 cm³/mol. The van der Waals surface area contributed by atoms with E-state index in [9.17, 15) is 19.5 Å². The maximum Gasteiger partial charge on any atom is 0.378 e. The van der Waals surface area contributed by atoms with E-state index in [1.807, 2.05) is 20.8 Å². The Hall–Kier alpha value is -3.14. The summed E-state index contributed by atoms with van der Waals surface area (Å²) in [5, 5.41) is 17.0. The standard InChI is InChI=1S/C23H31N5O5/c1-4-17-16(7-8-18(29)26-9-11-33-12-10-26)21-27(13-14(2)3)22(31)19(23(32)28(21)25-17)20(30)24-15-5-6-15/h7-8,14-15H,4-6,9-13H2,1-3H3,(H2,24,30,31,32)/p+1/b8-7+. The van der Waals surface area contributed by atoms with Crippen molar-refractivity contribution in [2.75, 3.05) is 26.3 Å². The first kappa shape index (κ1) is 23.0. The van der Waals surface area contributed by atoms with Crippen molar-refractivity contribution in [2.24, 2.45) is 5.92 Å². The largest absolute Gasteiger partial charge is 0.477 e. The summed E-state index contributed by atoms with van der Waals surface area (Å²) in [6, 6.07) is 0.0510. The van der Waals surface area contributed by atoms with Crippen molar-refractivity contribution in [1.82, 2.24) is 19.8 Å². The number of morpholine rings is 1. The van der Waals surface area contributed by atoms with Gasteiger partial charge in [0.15, 0.2) is 0 Å². The maximum atomic E-state index is 13.3. The molecule has 0 unspecified atom stereocenters. The van der Waals surface area contributed by atoms with Gasteiger partial charge in [0.05, 0.1) is 31.0 Å². The molecule has 2 aromatic rings. The molecule has 1 saturated carbocycles. The molecule has 1 saturated heterocycles. The number of nitrogens with one attached hydrogen (secondary N) is 2. The third kappa shape index (κ3) is 4.66. The van der Waals surface area contributed by atoms with Crippen LogP contribution in [0.4, 0.5) is 0 Å². The van der Waals surface area contributed by atoms with Gasteiger partial charge in [-0.15, -0.1) is 0 Å². The van der Waals surface area contributed by atoms with Gasteiger partial charge in [-0.3, -0.25) is 9.59 Å². The zero-order valence-corrected chi connectivity index (χ0v) is 19.4. The van der Waals surface area contributed by atoms with Crippen molar-refractivity contribution in [3.05, 3.63) is 33.3 Å². The van der Waals surface area contributed by atoms with Gasteiger partial charge >= 0.3 is 17.1 Å². The molecule has 2 aromatic heterocycles. The number of H-pyrrole nitrogens is 1. The molecule has 33 heavy (non-hydrogen) atoms. The number of nitrogens with zero attached hydrogens (tertiary/aromatic N) is 3. The van der Waals surface area contributed by atoms with Crippen molar-refractivity contribution in [2.45, 2.75) is 52.6 Å². The zero-order valence-electron chi connectivity index (χ0n) is 19.4. The number of aromatic amines is 1. The lowest BCUT2D eigenvalue weighted by molar-refractivity contribution is -0.686. The van der Waals surface area contributed by atoms with Crippen molar-refractivity contribution in [1.29, 1.82) is 0 Å². The fourth-order valence-corrected chi connectivity index (χ4v) is 4.07.